The molecule has 1 aliphatic rings. The molecule has 180 valence electrons. The lowest BCUT2D eigenvalue weighted by Gasteiger charge is -2.32. The molecule has 0 atom stereocenters. The number of hydrogen-bond donors (Lipinski definition) is 1. The molecule has 3 aromatic rings. The van der Waals surface area contributed by atoms with Gasteiger partial charge in [-0.05, 0) is 54.1 Å². The Kier molecular flexibility index (Phi) is 7.87. The molecule has 2 aromatic carbocycles. The van der Waals surface area contributed by atoms with Crippen LogP contribution in [0.3, 0.4) is 0 Å². The average molecular weight is 500 g/mol. The van der Waals surface area contributed by atoms with Gasteiger partial charge in [0.25, 0.3) is 15.9 Å². The first-order valence-corrected chi connectivity index (χ1v) is 13.5. The molecule has 1 N–H and O–H groups in total. The molecule has 7 nitrogen and oxygen atoms in total. The van der Waals surface area contributed by atoms with Gasteiger partial charge in [-0.1, -0.05) is 36.4 Å². The third-order valence-electron chi connectivity index (χ3n) is 5.88. The van der Waals surface area contributed by atoms with Gasteiger partial charge in [-0.15, -0.1) is 11.3 Å². The van der Waals surface area contributed by atoms with Gasteiger partial charge in [0.05, 0.1) is 5.69 Å². The van der Waals surface area contributed by atoms with E-state index in [-0.39, 0.29) is 22.8 Å². The maximum absolute atomic E-state index is 12.6. The highest BCUT2D eigenvalue weighted by Gasteiger charge is 2.23. The SMILES string of the molecule is CN(c1ccc(OCC(=O)NC2CCN(Cc3ccccc3)CC2)cc1)S(=O)(=O)c1cccs1. The van der Waals surface area contributed by atoms with E-state index in [9.17, 15) is 13.2 Å². The van der Waals surface area contributed by atoms with Crippen molar-refractivity contribution in [2.24, 2.45) is 0 Å². The van der Waals surface area contributed by atoms with Gasteiger partial charge in [0.15, 0.2) is 6.61 Å². The molecule has 0 bridgehead atoms. The summed E-state index contributed by atoms with van der Waals surface area (Å²) in [5.74, 6) is 0.362. The van der Waals surface area contributed by atoms with E-state index in [0.29, 0.717) is 11.4 Å². The summed E-state index contributed by atoms with van der Waals surface area (Å²) in [7, 11) is -2.06. The highest BCUT2D eigenvalue weighted by Crippen LogP contribution is 2.26. The summed E-state index contributed by atoms with van der Waals surface area (Å²) in [5.41, 5.74) is 1.83. The fourth-order valence-electron chi connectivity index (χ4n) is 3.93. The van der Waals surface area contributed by atoms with Crippen molar-refractivity contribution in [2.75, 3.05) is 31.0 Å². The van der Waals surface area contributed by atoms with Crippen LogP contribution in [0.25, 0.3) is 0 Å². The number of hydrogen-bond acceptors (Lipinski definition) is 6. The largest absolute Gasteiger partial charge is 0.484 e. The number of sulfonamides is 1. The van der Waals surface area contributed by atoms with Gasteiger partial charge < -0.3 is 10.1 Å². The second kappa shape index (κ2) is 11.0. The first-order chi connectivity index (χ1) is 16.4. The smallest absolute Gasteiger partial charge is 0.273 e. The molecule has 0 radical (unpaired) electrons. The van der Waals surface area contributed by atoms with Crippen LogP contribution >= 0.6 is 11.3 Å². The van der Waals surface area contributed by atoms with Crippen LogP contribution in [0.4, 0.5) is 5.69 Å². The number of piperidine rings is 1. The van der Waals surface area contributed by atoms with E-state index in [1.54, 1.807) is 41.8 Å². The number of anilines is 1. The van der Waals surface area contributed by atoms with Gasteiger partial charge >= 0.3 is 0 Å². The third kappa shape index (κ3) is 6.16. The fourth-order valence-corrected chi connectivity index (χ4v) is 6.29. The summed E-state index contributed by atoms with van der Waals surface area (Å²) in [6.45, 7) is 2.76. The van der Waals surface area contributed by atoms with Crippen molar-refractivity contribution in [2.45, 2.75) is 29.6 Å². The lowest BCUT2D eigenvalue weighted by Crippen LogP contribution is -2.45. The van der Waals surface area contributed by atoms with Crippen LogP contribution in [0, 0.1) is 0 Å². The third-order valence-corrected chi connectivity index (χ3v) is 9.04. The molecule has 0 saturated carbocycles. The van der Waals surface area contributed by atoms with Crippen molar-refractivity contribution in [3.63, 3.8) is 0 Å². The van der Waals surface area contributed by atoms with Gasteiger partial charge in [0.2, 0.25) is 0 Å². The number of nitrogens with one attached hydrogen (secondary N) is 1. The molecule has 1 saturated heterocycles. The molecule has 1 fully saturated rings. The van der Waals surface area contributed by atoms with Crippen molar-refractivity contribution in [3.05, 3.63) is 77.7 Å². The van der Waals surface area contributed by atoms with Crippen LogP contribution in [-0.4, -0.2) is 52.0 Å². The zero-order chi connectivity index (χ0) is 24.0. The van der Waals surface area contributed by atoms with E-state index in [0.717, 1.165) is 32.5 Å². The molecule has 4 rings (SSSR count). The molecular formula is C25H29N3O4S2. The maximum Gasteiger partial charge on any atom is 0.273 e. The van der Waals surface area contributed by atoms with Crippen LogP contribution in [0.2, 0.25) is 0 Å². The molecule has 34 heavy (non-hydrogen) atoms. The van der Waals surface area contributed by atoms with E-state index in [1.807, 2.05) is 6.07 Å². The van der Waals surface area contributed by atoms with E-state index >= 15 is 0 Å². The van der Waals surface area contributed by atoms with Crippen LogP contribution in [-0.2, 0) is 21.4 Å². The van der Waals surface area contributed by atoms with Crippen LogP contribution in [0.5, 0.6) is 5.75 Å². The number of amides is 1. The Balaban J connectivity index is 1.21. The zero-order valence-corrected chi connectivity index (χ0v) is 20.7. The van der Waals surface area contributed by atoms with Crippen molar-refractivity contribution < 1.29 is 17.9 Å². The Morgan fingerprint density at radius 1 is 1.06 bits per heavy atom. The van der Waals surface area contributed by atoms with Gasteiger partial charge in [-0.25, -0.2) is 8.42 Å². The molecule has 0 spiro atoms. The van der Waals surface area contributed by atoms with E-state index in [2.05, 4.69) is 34.5 Å². The molecule has 2 heterocycles. The van der Waals surface area contributed by atoms with Crippen LogP contribution in [0.1, 0.15) is 18.4 Å². The first-order valence-electron chi connectivity index (χ1n) is 11.2. The number of benzene rings is 2. The Labute approximate surface area is 205 Å². The molecule has 0 unspecified atom stereocenters. The summed E-state index contributed by atoms with van der Waals surface area (Å²) in [6, 6.07) is 20.5. The Bertz CT molecular complexity index is 1160. The number of nitrogens with zero attached hydrogens (tertiary/aromatic N) is 2. The second-order valence-electron chi connectivity index (χ2n) is 8.29. The standard InChI is InChI=1S/C25H29N3O4S2/c1-27(34(30,31)25-8-5-17-33-25)22-9-11-23(12-10-22)32-19-24(29)26-21-13-15-28(16-14-21)18-20-6-3-2-4-7-20/h2-12,17,21H,13-16,18-19H2,1H3,(H,26,29). The van der Waals surface area contributed by atoms with Crippen molar-refractivity contribution in [1.82, 2.24) is 10.2 Å². The predicted molar refractivity (Wildman–Crippen MR) is 135 cm³/mol. The van der Waals surface area contributed by atoms with Gasteiger partial charge in [0.1, 0.15) is 9.96 Å². The monoisotopic (exact) mass is 499 g/mol. The Morgan fingerprint density at radius 3 is 2.41 bits per heavy atom. The lowest BCUT2D eigenvalue weighted by atomic mass is 10.0. The maximum atomic E-state index is 12.6. The minimum Gasteiger partial charge on any atom is -0.484 e. The highest BCUT2D eigenvalue weighted by atomic mass is 32.2. The Hall–Kier alpha value is -2.88. The molecular weight excluding hydrogens is 470 g/mol. The molecule has 1 amide bonds. The predicted octanol–water partition coefficient (Wildman–Crippen LogP) is 3.73. The summed E-state index contributed by atoms with van der Waals surface area (Å²) in [5, 5.41) is 4.79. The fraction of sp³-hybridized carbons (Fsp3) is 0.320. The van der Waals surface area contributed by atoms with Crippen molar-refractivity contribution in [3.8, 4) is 5.75 Å². The Morgan fingerprint density at radius 2 is 1.76 bits per heavy atom. The molecule has 1 aromatic heterocycles. The van der Waals surface area contributed by atoms with E-state index in [1.165, 1.54) is 28.3 Å². The van der Waals surface area contributed by atoms with Gasteiger partial charge in [-0.3, -0.25) is 14.0 Å². The number of carbonyl (C=O) groups is 1. The highest BCUT2D eigenvalue weighted by molar-refractivity contribution is 7.94. The molecule has 0 aliphatic carbocycles. The summed E-state index contributed by atoms with van der Waals surface area (Å²) in [4.78, 5) is 14.8. The quantitative estimate of drug-likeness (QED) is 0.485. The summed E-state index contributed by atoms with van der Waals surface area (Å²) < 4.78 is 32.4. The minimum atomic E-state index is -3.58. The number of ether oxygens (including phenoxy) is 1. The minimum absolute atomic E-state index is 0.0765. The van der Waals surface area contributed by atoms with Crippen molar-refractivity contribution >= 4 is 33.0 Å². The number of thiophene rings is 1. The van der Waals surface area contributed by atoms with Crippen LogP contribution in [0.15, 0.2) is 76.3 Å². The van der Waals surface area contributed by atoms with Crippen LogP contribution < -0.4 is 14.4 Å². The van der Waals surface area contributed by atoms with Gasteiger partial charge in [-0.2, -0.15) is 0 Å². The summed E-state index contributed by atoms with van der Waals surface area (Å²) >= 11 is 1.18. The second-order valence-corrected chi connectivity index (χ2v) is 11.4. The lowest BCUT2D eigenvalue weighted by molar-refractivity contribution is -0.124. The zero-order valence-electron chi connectivity index (χ0n) is 19.1. The molecule has 1 aliphatic heterocycles. The van der Waals surface area contributed by atoms with E-state index in [4.69, 9.17) is 4.74 Å². The molecule has 9 heteroatoms. The van der Waals surface area contributed by atoms with Gasteiger partial charge in [0, 0.05) is 32.7 Å². The first kappa shape index (κ1) is 24.3. The topological polar surface area (TPSA) is 79.0 Å². The summed E-state index contributed by atoms with van der Waals surface area (Å²) in [6.07, 6.45) is 1.83. The van der Waals surface area contributed by atoms with Crippen molar-refractivity contribution in [1.29, 1.82) is 0 Å². The number of likely N-dealkylation sites (tertiary alicyclic amines) is 1. The van der Waals surface area contributed by atoms with E-state index < -0.39 is 10.0 Å². The average Bonchev–Trinajstić information content (AvgIpc) is 3.41. The number of rotatable bonds is 9. The normalized spacial score (nSPS) is 15.1. The number of carbonyl (C=O) groups excluding carboxylic acids is 1.